The summed E-state index contributed by atoms with van der Waals surface area (Å²) in [5, 5.41) is 14.6. The van der Waals surface area contributed by atoms with E-state index in [-0.39, 0.29) is 10.6 Å². The van der Waals surface area contributed by atoms with Crippen molar-refractivity contribution in [3.05, 3.63) is 44.4 Å². The summed E-state index contributed by atoms with van der Waals surface area (Å²) in [6.45, 7) is 5.50. The summed E-state index contributed by atoms with van der Waals surface area (Å²) < 4.78 is 26.0. The molecule has 2 aromatic rings. The van der Waals surface area contributed by atoms with E-state index in [0.29, 0.717) is 18.8 Å². The largest absolute Gasteiger partial charge is 0.363 e. The minimum Gasteiger partial charge on any atom is -0.363 e. The number of anilines is 1. The van der Waals surface area contributed by atoms with Gasteiger partial charge in [-0.15, -0.1) is 11.3 Å². The second-order valence-electron chi connectivity index (χ2n) is 6.24. The molecule has 11 heteroatoms. The van der Waals surface area contributed by atoms with Crippen molar-refractivity contribution in [1.82, 2.24) is 14.6 Å². The highest BCUT2D eigenvalue weighted by Crippen LogP contribution is 2.31. The summed E-state index contributed by atoms with van der Waals surface area (Å²) in [5.74, 6) is 0. The molecule has 1 aromatic heterocycles. The monoisotopic (exact) mass is 411 g/mol. The van der Waals surface area contributed by atoms with Crippen molar-refractivity contribution in [1.29, 1.82) is 0 Å². The van der Waals surface area contributed by atoms with E-state index in [0.717, 1.165) is 36.4 Å². The third kappa shape index (κ3) is 4.43. The maximum absolute atomic E-state index is 11.9. The van der Waals surface area contributed by atoms with Crippen molar-refractivity contribution in [3.8, 4) is 0 Å². The third-order valence-electron chi connectivity index (χ3n) is 4.49. The Bertz CT molecular complexity index is 936. The van der Waals surface area contributed by atoms with Gasteiger partial charge in [0.1, 0.15) is 5.69 Å². The van der Waals surface area contributed by atoms with Crippen LogP contribution in [-0.4, -0.2) is 56.5 Å². The molecule has 1 saturated heterocycles. The lowest BCUT2D eigenvalue weighted by Gasteiger charge is -2.35. The molecule has 9 nitrogen and oxygen atoms in total. The summed E-state index contributed by atoms with van der Waals surface area (Å²) in [6, 6.07) is 4.03. The number of piperazine rings is 1. The van der Waals surface area contributed by atoms with Gasteiger partial charge in [-0.05, 0) is 26.1 Å². The topological polar surface area (TPSA) is 109 Å². The Morgan fingerprint density at radius 2 is 2.00 bits per heavy atom. The van der Waals surface area contributed by atoms with Gasteiger partial charge in [0.25, 0.3) is 5.69 Å². The Morgan fingerprint density at radius 1 is 1.30 bits per heavy atom. The molecule has 1 aliphatic rings. The summed E-state index contributed by atoms with van der Waals surface area (Å²) in [4.78, 5) is 19.5. The first-order valence-corrected chi connectivity index (χ1v) is 10.8. The second kappa shape index (κ2) is 7.89. The lowest BCUT2D eigenvalue weighted by molar-refractivity contribution is -0.384. The predicted octanol–water partition coefficient (Wildman–Crippen LogP) is 1.59. The zero-order valence-electron chi connectivity index (χ0n) is 15.1. The second-order valence-corrected chi connectivity index (χ2v) is 9.19. The molecule has 0 saturated carbocycles. The number of rotatable bonds is 6. The maximum Gasteiger partial charge on any atom is 0.293 e. The van der Waals surface area contributed by atoms with E-state index >= 15 is 0 Å². The first kappa shape index (κ1) is 19.7. The smallest absolute Gasteiger partial charge is 0.293 e. The van der Waals surface area contributed by atoms with Crippen LogP contribution in [0.1, 0.15) is 10.7 Å². The highest BCUT2D eigenvalue weighted by Gasteiger charge is 2.26. The van der Waals surface area contributed by atoms with Gasteiger partial charge >= 0.3 is 0 Å². The zero-order chi connectivity index (χ0) is 19.6. The molecule has 1 aromatic carbocycles. The molecule has 0 bridgehead atoms. The molecule has 0 atom stereocenters. The fourth-order valence-electron chi connectivity index (χ4n) is 3.06. The summed E-state index contributed by atoms with van der Waals surface area (Å²) >= 11 is 1.62. The number of hydrogen-bond donors (Lipinski definition) is 1. The van der Waals surface area contributed by atoms with Crippen LogP contribution in [0, 0.1) is 17.0 Å². The summed E-state index contributed by atoms with van der Waals surface area (Å²) in [7, 11) is -2.45. The fraction of sp³-hybridized carbons (Fsp3) is 0.438. The van der Waals surface area contributed by atoms with E-state index < -0.39 is 14.9 Å². The Kier molecular flexibility index (Phi) is 5.75. The van der Waals surface area contributed by atoms with Crippen molar-refractivity contribution >= 4 is 32.7 Å². The lowest BCUT2D eigenvalue weighted by atomic mass is 10.2. The zero-order valence-corrected chi connectivity index (χ0v) is 16.7. The molecular formula is C16H21N5O4S2. The average molecular weight is 412 g/mol. The van der Waals surface area contributed by atoms with Gasteiger partial charge in [0.2, 0.25) is 10.0 Å². The Balaban J connectivity index is 1.74. The highest BCUT2D eigenvalue weighted by molar-refractivity contribution is 7.89. The number of aryl methyl sites for hydroxylation is 1. The van der Waals surface area contributed by atoms with E-state index in [1.54, 1.807) is 11.3 Å². The summed E-state index contributed by atoms with van der Waals surface area (Å²) in [6.07, 6.45) is 0. The van der Waals surface area contributed by atoms with E-state index in [4.69, 9.17) is 0 Å². The molecule has 3 rings (SSSR count). The van der Waals surface area contributed by atoms with Crippen molar-refractivity contribution in [2.24, 2.45) is 0 Å². The molecule has 1 fully saturated rings. The number of sulfonamides is 1. The van der Waals surface area contributed by atoms with E-state index in [1.807, 2.05) is 17.2 Å². The normalized spacial score (nSPS) is 15.9. The third-order valence-corrected chi connectivity index (χ3v) is 6.72. The van der Waals surface area contributed by atoms with Crippen LogP contribution in [0.25, 0.3) is 0 Å². The first-order valence-electron chi connectivity index (χ1n) is 8.40. The molecule has 1 N–H and O–H groups in total. The number of aromatic nitrogens is 1. The van der Waals surface area contributed by atoms with Crippen LogP contribution in [-0.2, 0) is 16.6 Å². The molecular weight excluding hydrogens is 390 g/mol. The molecule has 146 valence electrons. The van der Waals surface area contributed by atoms with Crippen LogP contribution < -0.4 is 9.62 Å². The van der Waals surface area contributed by atoms with Gasteiger partial charge in [-0.25, -0.2) is 18.1 Å². The van der Waals surface area contributed by atoms with Gasteiger partial charge in [0, 0.05) is 44.2 Å². The summed E-state index contributed by atoms with van der Waals surface area (Å²) in [5.41, 5.74) is 1.28. The molecule has 0 amide bonds. The molecule has 0 spiro atoms. The number of thiazole rings is 1. The number of hydrogen-bond acceptors (Lipinski definition) is 8. The molecule has 2 heterocycles. The van der Waals surface area contributed by atoms with Crippen LogP contribution in [0.3, 0.4) is 0 Å². The number of nitrogens with zero attached hydrogens (tertiary/aromatic N) is 4. The van der Waals surface area contributed by atoms with Crippen molar-refractivity contribution in [3.63, 3.8) is 0 Å². The minimum atomic E-state index is -3.73. The molecule has 0 unspecified atom stereocenters. The van der Waals surface area contributed by atoms with Gasteiger partial charge < -0.3 is 4.90 Å². The maximum atomic E-state index is 11.9. The van der Waals surface area contributed by atoms with Gasteiger partial charge in [-0.1, -0.05) is 0 Å². The standard InChI is InChI=1S/C16H21N5O4S2/c1-12-18-13(11-26-12)10-19-5-7-20(8-6-19)15-4-3-14(27(24,25)17-2)9-16(15)21(22)23/h3-4,9,11,17H,5-8,10H2,1-2H3. The Morgan fingerprint density at radius 3 is 2.56 bits per heavy atom. The van der Waals surface area contributed by atoms with Gasteiger partial charge in [0.05, 0.1) is 20.5 Å². The van der Waals surface area contributed by atoms with Crippen LogP contribution in [0.15, 0.2) is 28.5 Å². The quantitative estimate of drug-likeness (QED) is 0.568. The van der Waals surface area contributed by atoms with Gasteiger partial charge in [-0.3, -0.25) is 15.0 Å². The van der Waals surface area contributed by atoms with Crippen LogP contribution in [0.4, 0.5) is 11.4 Å². The van der Waals surface area contributed by atoms with Crippen LogP contribution in [0.5, 0.6) is 0 Å². The van der Waals surface area contributed by atoms with Crippen molar-refractivity contribution < 1.29 is 13.3 Å². The van der Waals surface area contributed by atoms with E-state index in [2.05, 4.69) is 14.6 Å². The lowest BCUT2D eigenvalue weighted by Crippen LogP contribution is -2.46. The molecule has 27 heavy (non-hydrogen) atoms. The number of nitrogens with one attached hydrogen (secondary N) is 1. The van der Waals surface area contributed by atoms with Crippen LogP contribution >= 0.6 is 11.3 Å². The fourth-order valence-corrected chi connectivity index (χ4v) is 4.41. The highest BCUT2D eigenvalue weighted by atomic mass is 32.2. The first-order chi connectivity index (χ1) is 12.8. The van der Waals surface area contributed by atoms with E-state index in [1.165, 1.54) is 19.2 Å². The Labute approximate surface area is 161 Å². The van der Waals surface area contributed by atoms with Gasteiger partial charge in [-0.2, -0.15) is 0 Å². The number of nitro groups is 1. The van der Waals surface area contributed by atoms with Crippen molar-refractivity contribution in [2.45, 2.75) is 18.4 Å². The predicted molar refractivity (Wildman–Crippen MR) is 104 cm³/mol. The number of benzene rings is 1. The molecule has 0 radical (unpaired) electrons. The van der Waals surface area contributed by atoms with Gasteiger partial charge in [0.15, 0.2) is 0 Å². The molecule has 0 aliphatic carbocycles. The Hall–Kier alpha value is -2.08. The molecule has 1 aliphatic heterocycles. The SMILES string of the molecule is CNS(=O)(=O)c1ccc(N2CCN(Cc3csc(C)n3)CC2)c([N+](=O)[O-])c1. The van der Waals surface area contributed by atoms with Crippen molar-refractivity contribution in [2.75, 3.05) is 38.1 Å². The van der Waals surface area contributed by atoms with E-state index in [9.17, 15) is 18.5 Å². The van der Waals surface area contributed by atoms with Crippen LogP contribution in [0.2, 0.25) is 0 Å². The average Bonchev–Trinajstić information content (AvgIpc) is 3.06. The number of nitro benzene ring substituents is 1. The minimum absolute atomic E-state index is 0.113.